The lowest BCUT2D eigenvalue weighted by Gasteiger charge is -2.32. The minimum Gasteiger partial charge on any atom is -0.363 e. The van der Waals surface area contributed by atoms with Gasteiger partial charge in [0.05, 0.1) is 11.7 Å². The number of likely N-dealkylation sites (tertiary alicyclic amines) is 1. The average molecular weight is 303 g/mol. The molecule has 8 nitrogen and oxygen atoms in total. The van der Waals surface area contributed by atoms with Gasteiger partial charge in [0.2, 0.25) is 5.82 Å². The Kier molecular flexibility index (Phi) is 4.19. The molecule has 0 spiro atoms. The molecule has 0 unspecified atom stereocenters. The fourth-order valence-corrected chi connectivity index (χ4v) is 2.96. The van der Waals surface area contributed by atoms with Gasteiger partial charge in [0.25, 0.3) is 5.91 Å². The van der Waals surface area contributed by atoms with E-state index in [0.717, 1.165) is 39.0 Å². The molecule has 1 saturated heterocycles. The van der Waals surface area contributed by atoms with Crippen molar-refractivity contribution >= 4 is 5.91 Å². The van der Waals surface area contributed by atoms with E-state index in [4.69, 9.17) is 5.73 Å². The minimum absolute atomic E-state index is 0.0844. The lowest BCUT2D eigenvalue weighted by molar-refractivity contribution is 0.0988. The van der Waals surface area contributed by atoms with E-state index in [2.05, 4.69) is 33.1 Å². The Morgan fingerprint density at radius 2 is 2.36 bits per heavy atom. The van der Waals surface area contributed by atoms with Crippen molar-refractivity contribution in [1.29, 1.82) is 0 Å². The van der Waals surface area contributed by atoms with Crippen molar-refractivity contribution in [2.45, 2.75) is 38.9 Å². The standard InChI is InChI=1S/C14H21N7O/c1-2-20-12(5-6-17-20)9-19-7-3-4-11(8-19)21-10-16-14(18-21)13(15)22/h5-6,10-11H,2-4,7-9H2,1H3,(H2,15,22)/t11-/m0/s1. The van der Waals surface area contributed by atoms with Crippen molar-refractivity contribution in [3.8, 4) is 0 Å². The number of carbonyl (C=O) groups is 1. The van der Waals surface area contributed by atoms with Crippen LogP contribution in [0.25, 0.3) is 0 Å². The summed E-state index contributed by atoms with van der Waals surface area (Å²) in [5.74, 6) is -0.501. The molecule has 1 fully saturated rings. The Morgan fingerprint density at radius 1 is 1.50 bits per heavy atom. The number of piperidine rings is 1. The first-order chi connectivity index (χ1) is 10.7. The predicted molar refractivity (Wildman–Crippen MR) is 80.0 cm³/mol. The number of amides is 1. The van der Waals surface area contributed by atoms with Gasteiger partial charge >= 0.3 is 0 Å². The van der Waals surface area contributed by atoms with Crippen LogP contribution in [0.4, 0.5) is 0 Å². The molecule has 8 heteroatoms. The first-order valence-electron chi connectivity index (χ1n) is 7.61. The van der Waals surface area contributed by atoms with E-state index in [1.807, 2.05) is 10.9 Å². The molecule has 22 heavy (non-hydrogen) atoms. The van der Waals surface area contributed by atoms with Crippen molar-refractivity contribution < 1.29 is 4.79 Å². The summed E-state index contributed by atoms with van der Waals surface area (Å²) in [4.78, 5) is 17.5. The average Bonchev–Trinajstić information content (AvgIpc) is 3.16. The molecule has 2 N–H and O–H groups in total. The van der Waals surface area contributed by atoms with E-state index in [1.54, 1.807) is 11.0 Å². The molecule has 1 amide bonds. The second kappa shape index (κ2) is 6.27. The number of nitrogens with two attached hydrogens (primary N) is 1. The summed E-state index contributed by atoms with van der Waals surface area (Å²) < 4.78 is 3.79. The van der Waals surface area contributed by atoms with Gasteiger partial charge in [-0.15, -0.1) is 5.10 Å². The van der Waals surface area contributed by atoms with Crippen molar-refractivity contribution in [3.05, 3.63) is 30.1 Å². The number of hydrogen-bond donors (Lipinski definition) is 1. The molecule has 118 valence electrons. The number of nitrogens with zero attached hydrogens (tertiary/aromatic N) is 6. The Labute approximate surface area is 128 Å². The topological polar surface area (TPSA) is 94.9 Å². The molecule has 1 aliphatic rings. The number of rotatable bonds is 5. The van der Waals surface area contributed by atoms with Crippen LogP contribution in [0.2, 0.25) is 0 Å². The highest BCUT2D eigenvalue weighted by Gasteiger charge is 2.23. The van der Waals surface area contributed by atoms with Gasteiger partial charge in [-0.25, -0.2) is 9.67 Å². The van der Waals surface area contributed by atoms with Crippen LogP contribution in [0.15, 0.2) is 18.6 Å². The zero-order chi connectivity index (χ0) is 15.5. The molecular weight excluding hydrogens is 282 g/mol. The molecule has 0 radical (unpaired) electrons. The molecule has 3 heterocycles. The van der Waals surface area contributed by atoms with Crippen LogP contribution in [0, 0.1) is 0 Å². The third kappa shape index (κ3) is 3.01. The molecule has 0 aliphatic carbocycles. The monoisotopic (exact) mass is 303 g/mol. The van der Waals surface area contributed by atoms with Gasteiger partial charge in [0.1, 0.15) is 6.33 Å². The Bertz CT molecular complexity index is 647. The summed E-state index contributed by atoms with van der Waals surface area (Å²) in [5, 5.41) is 8.50. The van der Waals surface area contributed by atoms with Gasteiger partial charge in [-0.05, 0) is 32.4 Å². The number of hydrogen-bond acceptors (Lipinski definition) is 5. The van der Waals surface area contributed by atoms with Gasteiger partial charge in [-0.2, -0.15) is 5.10 Å². The lowest BCUT2D eigenvalue weighted by Crippen LogP contribution is -2.37. The molecule has 0 bridgehead atoms. The van der Waals surface area contributed by atoms with Crippen molar-refractivity contribution in [2.75, 3.05) is 13.1 Å². The highest BCUT2D eigenvalue weighted by Crippen LogP contribution is 2.22. The number of aryl methyl sites for hydroxylation is 1. The van der Waals surface area contributed by atoms with Crippen molar-refractivity contribution in [2.24, 2.45) is 5.73 Å². The zero-order valence-electron chi connectivity index (χ0n) is 12.7. The summed E-state index contributed by atoms with van der Waals surface area (Å²) in [7, 11) is 0. The summed E-state index contributed by atoms with van der Waals surface area (Å²) in [6.45, 7) is 5.79. The second-order valence-corrected chi connectivity index (χ2v) is 5.58. The first-order valence-corrected chi connectivity index (χ1v) is 7.61. The molecule has 2 aromatic rings. The van der Waals surface area contributed by atoms with E-state index in [1.165, 1.54) is 5.69 Å². The number of primary amides is 1. The molecule has 1 aliphatic heterocycles. The van der Waals surface area contributed by atoms with Gasteiger partial charge in [-0.1, -0.05) is 0 Å². The first kappa shape index (κ1) is 14.7. The highest BCUT2D eigenvalue weighted by atomic mass is 16.1. The van der Waals surface area contributed by atoms with Crippen LogP contribution in [0.3, 0.4) is 0 Å². The maximum Gasteiger partial charge on any atom is 0.288 e. The van der Waals surface area contributed by atoms with Gasteiger partial charge in [0.15, 0.2) is 0 Å². The predicted octanol–water partition coefficient (Wildman–Crippen LogP) is 0.431. The quantitative estimate of drug-likeness (QED) is 0.864. The summed E-state index contributed by atoms with van der Waals surface area (Å²) >= 11 is 0. The Hall–Kier alpha value is -2.22. The van der Waals surface area contributed by atoms with Gasteiger partial charge in [-0.3, -0.25) is 14.4 Å². The van der Waals surface area contributed by atoms with Crippen LogP contribution in [0.5, 0.6) is 0 Å². The van der Waals surface area contributed by atoms with Crippen LogP contribution in [0.1, 0.15) is 42.1 Å². The molecule has 0 saturated carbocycles. The third-order valence-corrected chi connectivity index (χ3v) is 4.07. The van der Waals surface area contributed by atoms with Crippen LogP contribution >= 0.6 is 0 Å². The number of carbonyl (C=O) groups excluding carboxylic acids is 1. The van der Waals surface area contributed by atoms with E-state index >= 15 is 0 Å². The van der Waals surface area contributed by atoms with Crippen LogP contribution in [-0.2, 0) is 13.1 Å². The largest absolute Gasteiger partial charge is 0.363 e. The lowest BCUT2D eigenvalue weighted by atomic mass is 10.1. The fourth-order valence-electron chi connectivity index (χ4n) is 2.96. The maximum absolute atomic E-state index is 11.1. The van der Waals surface area contributed by atoms with E-state index < -0.39 is 5.91 Å². The molecular formula is C14H21N7O. The number of aromatic nitrogens is 5. The highest BCUT2D eigenvalue weighted by molar-refractivity contribution is 5.88. The normalized spacial score (nSPS) is 19.4. The Morgan fingerprint density at radius 3 is 3.09 bits per heavy atom. The maximum atomic E-state index is 11.1. The summed E-state index contributed by atoms with van der Waals surface area (Å²) in [6, 6.07) is 2.29. The van der Waals surface area contributed by atoms with Crippen LogP contribution in [-0.4, -0.2) is 48.4 Å². The summed E-state index contributed by atoms with van der Waals surface area (Å²) in [6.07, 6.45) is 5.57. The van der Waals surface area contributed by atoms with Crippen LogP contribution < -0.4 is 5.73 Å². The Balaban J connectivity index is 1.67. The van der Waals surface area contributed by atoms with E-state index in [9.17, 15) is 4.79 Å². The smallest absolute Gasteiger partial charge is 0.288 e. The SMILES string of the molecule is CCn1nccc1CN1CCC[C@H](n2cnc(C(N)=O)n2)C1. The van der Waals surface area contributed by atoms with Gasteiger partial charge < -0.3 is 5.73 Å². The molecule has 2 aromatic heterocycles. The van der Waals surface area contributed by atoms with E-state index in [0.29, 0.717) is 0 Å². The molecule has 3 rings (SSSR count). The second-order valence-electron chi connectivity index (χ2n) is 5.58. The van der Waals surface area contributed by atoms with Crippen molar-refractivity contribution in [1.82, 2.24) is 29.4 Å². The fraction of sp³-hybridized carbons (Fsp3) is 0.571. The van der Waals surface area contributed by atoms with E-state index in [-0.39, 0.29) is 11.9 Å². The molecule has 0 aromatic carbocycles. The minimum atomic E-state index is -0.585. The summed E-state index contributed by atoms with van der Waals surface area (Å²) in [5.41, 5.74) is 6.43. The van der Waals surface area contributed by atoms with Gasteiger partial charge in [0, 0.05) is 25.8 Å². The van der Waals surface area contributed by atoms with Crippen molar-refractivity contribution in [3.63, 3.8) is 0 Å². The molecule has 1 atom stereocenters. The third-order valence-electron chi connectivity index (χ3n) is 4.07. The zero-order valence-corrected chi connectivity index (χ0v) is 12.7.